The van der Waals surface area contributed by atoms with Gasteiger partial charge in [-0.3, -0.25) is 0 Å². The van der Waals surface area contributed by atoms with Crippen molar-refractivity contribution in [3.8, 4) is 0 Å². The van der Waals surface area contributed by atoms with Crippen LogP contribution in [0.15, 0.2) is 11.6 Å². The first kappa shape index (κ1) is 11.4. The van der Waals surface area contributed by atoms with Crippen molar-refractivity contribution in [2.24, 2.45) is 0 Å². The van der Waals surface area contributed by atoms with Crippen molar-refractivity contribution in [1.82, 2.24) is 10.3 Å². The molecule has 1 aliphatic carbocycles. The number of rotatable bonds is 5. The molecule has 2 nitrogen and oxygen atoms in total. The second-order valence-corrected chi connectivity index (χ2v) is 6.45. The normalized spacial score (nSPS) is 25.9. The van der Waals surface area contributed by atoms with Crippen LogP contribution in [0, 0.1) is 0 Å². The minimum Gasteiger partial charge on any atom is -0.308 e. The highest BCUT2D eigenvalue weighted by atomic mass is 32.2. The van der Waals surface area contributed by atoms with Crippen LogP contribution in [-0.2, 0) is 6.54 Å². The predicted molar refractivity (Wildman–Crippen MR) is 68.5 cm³/mol. The zero-order valence-corrected chi connectivity index (χ0v) is 10.7. The third-order valence-corrected chi connectivity index (χ3v) is 4.82. The minimum atomic E-state index is 0.720. The van der Waals surface area contributed by atoms with E-state index < -0.39 is 0 Å². The molecular weight excluding hydrogens is 224 g/mol. The van der Waals surface area contributed by atoms with Crippen LogP contribution in [0.1, 0.15) is 31.2 Å². The Balaban J connectivity index is 1.69. The van der Waals surface area contributed by atoms with Gasteiger partial charge < -0.3 is 5.32 Å². The zero-order chi connectivity index (χ0) is 10.5. The van der Waals surface area contributed by atoms with Crippen molar-refractivity contribution in [2.45, 2.75) is 44.0 Å². The van der Waals surface area contributed by atoms with Crippen molar-refractivity contribution in [2.75, 3.05) is 5.75 Å². The summed E-state index contributed by atoms with van der Waals surface area (Å²) in [5.41, 5.74) is 0. The van der Waals surface area contributed by atoms with E-state index in [1.54, 1.807) is 11.3 Å². The van der Waals surface area contributed by atoms with Gasteiger partial charge in [0.05, 0.1) is 0 Å². The second-order valence-electron chi connectivity index (χ2n) is 3.89. The summed E-state index contributed by atoms with van der Waals surface area (Å²) in [5, 5.41) is 7.75. The lowest BCUT2D eigenvalue weighted by atomic mass is 10.2. The summed E-state index contributed by atoms with van der Waals surface area (Å²) in [4.78, 5) is 4.28. The van der Waals surface area contributed by atoms with Crippen LogP contribution in [0.2, 0.25) is 0 Å². The lowest BCUT2D eigenvalue weighted by molar-refractivity contribution is 0.524. The van der Waals surface area contributed by atoms with E-state index in [9.17, 15) is 0 Å². The first-order valence-corrected chi connectivity index (χ1v) is 7.54. The maximum absolute atomic E-state index is 4.28. The van der Waals surface area contributed by atoms with Crippen molar-refractivity contribution < 1.29 is 0 Å². The molecule has 1 aliphatic rings. The van der Waals surface area contributed by atoms with Crippen LogP contribution in [0.25, 0.3) is 0 Å². The van der Waals surface area contributed by atoms with Crippen molar-refractivity contribution in [1.29, 1.82) is 0 Å². The zero-order valence-electron chi connectivity index (χ0n) is 9.11. The highest BCUT2D eigenvalue weighted by molar-refractivity contribution is 7.99. The Morgan fingerprint density at radius 2 is 2.53 bits per heavy atom. The molecule has 0 spiro atoms. The van der Waals surface area contributed by atoms with Gasteiger partial charge in [-0.05, 0) is 25.0 Å². The molecule has 0 amide bonds. The van der Waals surface area contributed by atoms with Crippen LogP contribution >= 0.6 is 23.1 Å². The average Bonchev–Trinajstić information content (AvgIpc) is 2.85. The highest BCUT2D eigenvalue weighted by Gasteiger charge is 2.23. The monoisotopic (exact) mass is 242 g/mol. The Bertz CT molecular complexity index is 274. The van der Waals surface area contributed by atoms with Gasteiger partial charge in [0.1, 0.15) is 5.01 Å². The van der Waals surface area contributed by atoms with Gasteiger partial charge in [-0.1, -0.05) is 6.92 Å². The number of hydrogen-bond donors (Lipinski definition) is 1. The number of nitrogens with zero attached hydrogens (tertiary/aromatic N) is 1. The third-order valence-electron chi connectivity index (χ3n) is 2.81. The summed E-state index contributed by atoms with van der Waals surface area (Å²) in [6.07, 6.45) is 5.94. The van der Waals surface area contributed by atoms with Gasteiger partial charge >= 0.3 is 0 Å². The first-order valence-electron chi connectivity index (χ1n) is 5.62. The van der Waals surface area contributed by atoms with Crippen LogP contribution < -0.4 is 5.32 Å². The molecule has 1 saturated carbocycles. The molecule has 1 aromatic rings. The molecule has 1 heterocycles. The van der Waals surface area contributed by atoms with E-state index in [1.807, 2.05) is 11.6 Å². The fourth-order valence-corrected chi connectivity index (χ4v) is 3.79. The maximum atomic E-state index is 4.28. The molecule has 1 fully saturated rings. The molecule has 1 N–H and O–H groups in total. The van der Waals surface area contributed by atoms with Crippen LogP contribution in [0.5, 0.6) is 0 Å². The van der Waals surface area contributed by atoms with Crippen LogP contribution in [-0.4, -0.2) is 22.0 Å². The molecule has 0 aliphatic heterocycles. The van der Waals surface area contributed by atoms with Crippen molar-refractivity contribution in [3.05, 3.63) is 16.6 Å². The van der Waals surface area contributed by atoms with E-state index in [2.05, 4.69) is 29.0 Å². The molecule has 84 valence electrons. The predicted octanol–water partition coefficient (Wildman–Crippen LogP) is 2.91. The van der Waals surface area contributed by atoms with Gasteiger partial charge in [-0.15, -0.1) is 11.3 Å². The Morgan fingerprint density at radius 1 is 1.60 bits per heavy atom. The third kappa shape index (κ3) is 3.47. The smallest absolute Gasteiger partial charge is 0.106 e. The van der Waals surface area contributed by atoms with Gasteiger partial charge in [0.15, 0.2) is 0 Å². The van der Waals surface area contributed by atoms with Gasteiger partial charge in [-0.25, -0.2) is 4.98 Å². The number of thiazole rings is 1. The molecule has 1 aromatic heterocycles. The molecular formula is C11H18N2S2. The Hall–Kier alpha value is -0.0600. The summed E-state index contributed by atoms with van der Waals surface area (Å²) < 4.78 is 0. The van der Waals surface area contributed by atoms with Gasteiger partial charge in [0.25, 0.3) is 0 Å². The molecule has 2 rings (SSSR count). The lowest BCUT2D eigenvalue weighted by Crippen LogP contribution is -2.26. The van der Waals surface area contributed by atoms with E-state index in [4.69, 9.17) is 0 Å². The fraction of sp³-hybridized carbons (Fsp3) is 0.727. The Kier molecular flexibility index (Phi) is 4.47. The molecule has 2 atom stereocenters. The number of aromatic nitrogens is 1. The molecule has 15 heavy (non-hydrogen) atoms. The topological polar surface area (TPSA) is 24.9 Å². The lowest BCUT2D eigenvalue weighted by Gasteiger charge is -2.11. The summed E-state index contributed by atoms with van der Waals surface area (Å²) in [6, 6.07) is 0.720. The Morgan fingerprint density at radius 3 is 3.27 bits per heavy atom. The Labute approximate surface area is 99.9 Å². The largest absolute Gasteiger partial charge is 0.308 e. The van der Waals surface area contributed by atoms with E-state index in [1.165, 1.54) is 30.0 Å². The van der Waals surface area contributed by atoms with E-state index in [0.717, 1.165) is 17.8 Å². The average molecular weight is 242 g/mol. The molecule has 0 radical (unpaired) electrons. The second kappa shape index (κ2) is 5.87. The SMILES string of the molecule is CCSC1CCC(NCc2nccs2)C1. The summed E-state index contributed by atoms with van der Waals surface area (Å²) in [7, 11) is 0. The van der Waals surface area contributed by atoms with Gasteiger partial charge in [0, 0.05) is 29.4 Å². The quantitative estimate of drug-likeness (QED) is 0.859. The fourth-order valence-electron chi connectivity index (χ4n) is 2.08. The summed E-state index contributed by atoms with van der Waals surface area (Å²) in [6.45, 7) is 3.20. The van der Waals surface area contributed by atoms with E-state index in [0.29, 0.717) is 0 Å². The maximum Gasteiger partial charge on any atom is 0.106 e. The summed E-state index contributed by atoms with van der Waals surface area (Å²) in [5.74, 6) is 1.25. The standard InChI is InChI=1S/C11H18N2S2/c1-2-14-10-4-3-9(7-10)13-8-11-12-5-6-15-11/h5-6,9-10,13H,2-4,7-8H2,1H3. The van der Waals surface area contributed by atoms with Crippen LogP contribution in [0.3, 0.4) is 0 Å². The molecule has 2 unspecified atom stereocenters. The summed E-state index contributed by atoms with van der Waals surface area (Å²) >= 11 is 3.85. The molecule has 0 bridgehead atoms. The van der Waals surface area contributed by atoms with E-state index >= 15 is 0 Å². The number of hydrogen-bond acceptors (Lipinski definition) is 4. The highest BCUT2D eigenvalue weighted by Crippen LogP contribution is 2.29. The van der Waals surface area contributed by atoms with Gasteiger partial charge in [-0.2, -0.15) is 11.8 Å². The van der Waals surface area contributed by atoms with Crippen molar-refractivity contribution in [3.63, 3.8) is 0 Å². The van der Waals surface area contributed by atoms with E-state index in [-0.39, 0.29) is 0 Å². The molecule has 0 saturated heterocycles. The van der Waals surface area contributed by atoms with Crippen molar-refractivity contribution >= 4 is 23.1 Å². The van der Waals surface area contributed by atoms with Crippen LogP contribution in [0.4, 0.5) is 0 Å². The first-order chi connectivity index (χ1) is 7.38. The number of thioether (sulfide) groups is 1. The molecule has 0 aromatic carbocycles. The molecule has 4 heteroatoms. The van der Waals surface area contributed by atoms with Gasteiger partial charge in [0.2, 0.25) is 0 Å². The minimum absolute atomic E-state index is 0.720. The number of nitrogens with one attached hydrogen (secondary N) is 1.